The van der Waals surface area contributed by atoms with Crippen LogP contribution in [-0.2, 0) is 11.2 Å². The van der Waals surface area contributed by atoms with Gasteiger partial charge in [-0.3, -0.25) is 4.79 Å². The van der Waals surface area contributed by atoms with E-state index in [2.05, 4.69) is 23.3 Å². The summed E-state index contributed by atoms with van der Waals surface area (Å²) in [6.45, 7) is 2.64. The number of hydrogen-bond donors (Lipinski definition) is 2. The van der Waals surface area contributed by atoms with Gasteiger partial charge in [0.25, 0.3) is 0 Å². The van der Waals surface area contributed by atoms with Crippen molar-refractivity contribution < 1.29 is 9.90 Å². The highest BCUT2D eigenvalue weighted by Gasteiger charge is 2.13. The molecular weight excluding hydrogens is 320 g/mol. The third-order valence-corrected chi connectivity index (χ3v) is 5.22. The van der Waals surface area contributed by atoms with Crippen LogP contribution in [0.4, 0.5) is 0 Å². The second-order valence-corrected chi connectivity index (χ2v) is 6.92. The van der Waals surface area contributed by atoms with E-state index >= 15 is 0 Å². The van der Waals surface area contributed by atoms with Gasteiger partial charge < -0.3 is 10.4 Å². The Morgan fingerprint density at radius 3 is 2.75 bits per heavy atom. The number of benzene rings is 2. The lowest BCUT2D eigenvalue weighted by atomic mass is 10.1. The van der Waals surface area contributed by atoms with Crippen LogP contribution >= 0.6 is 11.3 Å². The van der Waals surface area contributed by atoms with E-state index in [0.717, 1.165) is 16.1 Å². The summed E-state index contributed by atoms with van der Waals surface area (Å²) in [5.41, 5.74) is 1.81. The number of para-hydroxylation sites is 2. The third kappa shape index (κ3) is 3.92. The molecule has 0 radical (unpaired) electrons. The maximum atomic E-state index is 12.0. The molecule has 2 N–H and O–H groups in total. The number of phenolic OH excluding ortho intramolecular Hbond substituents is 1. The number of aromatic hydroxyl groups is 1. The lowest BCUT2D eigenvalue weighted by Gasteiger charge is -2.10. The summed E-state index contributed by atoms with van der Waals surface area (Å²) >= 11 is 1.67. The highest BCUT2D eigenvalue weighted by atomic mass is 32.1. The van der Waals surface area contributed by atoms with Crippen LogP contribution in [0.2, 0.25) is 0 Å². The average Bonchev–Trinajstić information content (AvgIpc) is 3.03. The first-order valence-electron chi connectivity index (χ1n) is 8.02. The van der Waals surface area contributed by atoms with Crippen LogP contribution in [-0.4, -0.2) is 22.5 Å². The summed E-state index contributed by atoms with van der Waals surface area (Å²) < 4.78 is 1.17. The number of carbonyl (C=O) groups excluding carboxylic acids is 1. The smallest absolute Gasteiger partial charge is 0.220 e. The molecule has 24 heavy (non-hydrogen) atoms. The van der Waals surface area contributed by atoms with Gasteiger partial charge in [0.1, 0.15) is 5.75 Å². The van der Waals surface area contributed by atoms with E-state index in [1.54, 1.807) is 23.5 Å². The predicted molar refractivity (Wildman–Crippen MR) is 97.5 cm³/mol. The topological polar surface area (TPSA) is 62.2 Å². The van der Waals surface area contributed by atoms with Gasteiger partial charge in [-0.05, 0) is 30.2 Å². The van der Waals surface area contributed by atoms with Gasteiger partial charge in [-0.1, -0.05) is 37.3 Å². The largest absolute Gasteiger partial charge is 0.508 e. The zero-order valence-electron chi connectivity index (χ0n) is 13.5. The first-order valence-corrected chi connectivity index (χ1v) is 8.84. The summed E-state index contributed by atoms with van der Waals surface area (Å²) in [5, 5.41) is 13.7. The number of nitrogens with zero attached hydrogens (tertiary/aromatic N) is 1. The zero-order chi connectivity index (χ0) is 16.9. The number of hydrogen-bond acceptors (Lipinski definition) is 4. The van der Waals surface area contributed by atoms with Gasteiger partial charge in [0.2, 0.25) is 5.91 Å². The molecule has 0 aliphatic heterocycles. The Hall–Kier alpha value is -2.40. The van der Waals surface area contributed by atoms with Gasteiger partial charge in [0.05, 0.1) is 15.2 Å². The summed E-state index contributed by atoms with van der Waals surface area (Å²) in [6, 6.07) is 15.2. The quantitative estimate of drug-likeness (QED) is 0.716. The van der Waals surface area contributed by atoms with Crippen molar-refractivity contribution in [3.63, 3.8) is 0 Å². The standard InChI is InChI=1S/C19H20N2O2S/c1-13(19-21-15-7-3-5-9-17(15)24-19)12-20-18(23)11-10-14-6-2-4-8-16(14)22/h2-9,13,22H,10-12H2,1H3,(H,20,23). The van der Waals surface area contributed by atoms with Crippen LogP contribution in [0.3, 0.4) is 0 Å². The molecule has 0 bridgehead atoms. The minimum absolute atomic E-state index is 0.00814. The van der Waals surface area contributed by atoms with Gasteiger partial charge in [-0.25, -0.2) is 4.98 Å². The van der Waals surface area contributed by atoms with Crippen LogP contribution in [0.15, 0.2) is 48.5 Å². The summed E-state index contributed by atoms with van der Waals surface area (Å²) in [5.74, 6) is 0.413. The number of aromatic nitrogens is 1. The molecule has 0 saturated heterocycles. The number of amides is 1. The highest BCUT2D eigenvalue weighted by Crippen LogP contribution is 2.26. The van der Waals surface area contributed by atoms with Crippen molar-refractivity contribution in [2.75, 3.05) is 6.54 Å². The van der Waals surface area contributed by atoms with Crippen LogP contribution in [0, 0.1) is 0 Å². The van der Waals surface area contributed by atoms with Gasteiger partial charge in [-0.2, -0.15) is 0 Å². The fourth-order valence-corrected chi connectivity index (χ4v) is 3.53. The van der Waals surface area contributed by atoms with Gasteiger partial charge in [0, 0.05) is 18.9 Å². The Morgan fingerprint density at radius 1 is 1.21 bits per heavy atom. The molecule has 0 fully saturated rings. The van der Waals surface area contributed by atoms with Gasteiger partial charge >= 0.3 is 0 Å². The molecule has 1 aromatic heterocycles. The second-order valence-electron chi connectivity index (χ2n) is 5.85. The lowest BCUT2D eigenvalue weighted by molar-refractivity contribution is -0.121. The minimum Gasteiger partial charge on any atom is -0.508 e. The molecule has 124 valence electrons. The van der Waals surface area contributed by atoms with Crippen LogP contribution < -0.4 is 5.32 Å². The van der Waals surface area contributed by atoms with Crippen molar-refractivity contribution in [3.8, 4) is 5.75 Å². The molecule has 1 unspecified atom stereocenters. The molecular formula is C19H20N2O2S. The Morgan fingerprint density at radius 2 is 1.96 bits per heavy atom. The SMILES string of the molecule is CC(CNC(=O)CCc1ccccc1O)c1nc2ccccc2s1. The van der Waals surface area contributed by atoms with Crippen LogP contribution in [0.1, 0.15) is 29.8 Å². The second kappa shape index (κ2) is 7.45. The molecule has 4 nitrogen and oxygen atoms in total. The molecule has 5 heteroatoms. The first-order chi connectivity index (χ1) is 11.6. The first kappa shape index (κ1) is 16.5. The number of phenols is 1. The third-order valence-electron chi connectivity index (χ3n) is 3.95. The van der Waals surface area contributed by atoms with E-state index in [1.807, 2.05) is 30.3 Å². The van der Waals surface area contributed by atoms with Crippen LogP contribution in [0.25, 0.3) is 10.2 Å². The Labute approximate surface area is 145 Å². The number of nitrogens with one attached hydrogen (secondary N) is 1. The molecule has 1 heterocycles. The Kier molecular flexibility index (Phi) is 5.11. The molecule has 1 atom stereocenters. The fourth-order valence-electron chi connectivity index (χ4n) is 2.51. The normalized spacial score (nSPS) is 12.2. The summed E-state index contributed by atoms with van der Waals surface area (Å²) in [7, 11) is 0. The van der Waals surface area contributed by atoms with E-state index in [9.17, 15) is 9.90 Å². The van der Waals surface area contributed by atoms with Gasteiger partial charge in [-0.15, -0.1) is 11.3 Å². The van der Waals surface area contributed by atoms with E-state index in [-0.39, 0.29) is 17.6 Å². The minimum atomic E-state index is -0.00814. The maximum Gasteiger partial charge on any atom is 0.220 e. The molecule has 3 aromatic rings. The Bertz CT molecular complexity index is 811. The van der Waals surface area contributed by atoms with Gasteiger partial charge in [0.15, 0.2) is 0 Å². The number of aryl methyl sites for hydroxylation is 1. The van der Waals surface area contributed by atoms with E-state index < -0.39 is 0 Å². The van der Waals surface area contributed by atoms with Crippen molar-refractivity contribution in [2.24, 2.45) is 0 Å². The Balaban J connectivity index is 1.51. The van der Waals surface area contributed by atoms with Crippen LogP contribution in [0.5, 0.6) is 5.75 Å². The molecule has 0 aliphatic rings. The maximum absolute atomic E-state index is 12.0. The highest BCUT2D eigenvalue weighted by molar-refractivity contribution is 7.18. The van der Waals surface area contributed by atoms with Crippen molar-refractivity contribution in [1.82, 2.24) is 10.3 Å². The monoisotopic (exact) mass is 340 g/mol. The van der Waals surface area contributed by atoms with Crippen molar-refractivity contribution >= 4 is 27.5 Å². The molecule has 1 amide bonds. The summed E-state index contributed by atoms with van der Waals surface area (Å²) in [6.07, 6.45) is 0.901. The lowest BCUT2D eigenvalue weighted by Crippen LogP contribution is -2.27. The molecule has 0 aliphatic carbocycles. The number of thiazole rings is 1. The zero-order valence-corrected chi connectivity index (χ0v) is 14.3. The fraction of sp³-hybridized carbons (Fsp3) is 0.263. The molecule has 3 rings (SSSR count). The molecule has 0 spiro atoms. The molecule has 2 aromatic carbocycles. The van der Waals surface area contributed by atoms with E-state index in [4.69, 9.17) is 0 Å². The predicted octanol–water partition coefficient (Wildman–Crippen LogP) is 3.85. The summed E-state index contributed by atoms with van der Waals surface area (Å²) in [4.78, 5) is 16.7. The molecule has 0 saturated carbocycles. The number of rotatable bonds is 6. The van der Waals surface area contributed by atoms with Crippen molar-refractivity contribution in [3.05, 3.63) is 59.1 Å². The van der Waals surface area contributed by atoms with E-state index in [0.29, 0.717) is 19.4 Å². The average molecular weight is 340 g/mol. The number of carbonyl (C=O) groups is 1. The van der Waals surface area contributed by atoms with E-state index in [1.165, 1.54) is 4.70 Å². The number of fused-ring (bicyclic) bond motifs is 1. The van der Waals surface area contributed by atoms with Crippen molar-refractivity contribution in [1.29, 1.82) is 0 Å². The van der Waals surface area contributed by atoms with Crippen molar-refractivity contribution in [2.45, 2.75) is 25.7 Å².